The molecule has 2 aromatic carbocycles. The Hall–Kier alpha value is -2.60. The molecule has 0 bridgehead atoms. The number of nitrogens with one attached hydrogen (secondary N) is 1. The standard InChI is InChI=1S/C20H27FN4O/c1-25(15-17-3-7-18(21)8-4-17)14-13-24-20(22)23-12-11-16-5-9-19(26-2)10-6-16/h3-10H,11-15H2,1-2H3,(H3,22,23,24). The summed E-state index contributed by atoms with van der Waals surface area (Å²) >= 11 is 0. The molecule has 0 aliphatic carbocycles. The van der Waals surface area contributed by atoms with Gasteiger partial charge in [0, 0.05) is 19.6 Å². The second-order valence-corrected chi connectivity index (χ2v) is 6.16. The third-order valence-electron chi connectivity index (χ3n) is 4.01. The zero-order valence-electron chi connectivity index (χ0n) is 15.4. The predicted molar refractivity (Wildman–Crippen MR) is 104 cm³/mol. The Morgan fingerprint density at radius 2 is 1.77 bits per heavy atom. The lowest BCUT2D eigenvalue weighted by atomic mass is 10.1. The third kappa shape index (κ3) is 7.11. The lowest BCUT2D eigenvalue weighted by molar-refractivity contribution is 0.336. The predicted octanol–water partition coefficient (Wildman–Crippen LogP) is 2.41. The summed E-state index contributed by atoms with van der Waals surface area (Å²) in [5, 5.41) is 3.13. The van der Waals surface area contributed by atoms with E-state index in [0.717, 1.165) is 37.4 Å². The fourth-order valence-corrected chi connectivity index (χ4v) is 2.50. The first-order chi connectivity index (χ1) is 12.6. The van der Waals surface area contributed by atoms with Gasteiger partial charge in [0.15, 0.2) is 5.96 Å². The minimum Gasteiger partial charge on any atom is -0.497 e. The Morgan fingerprint density at radius 3 is 2.42 bits per heavy atom. The summed E-state index contributed by atoms with van der Waals surface area (Å²) in [5.74, 6) is 1.09. The van der Waals surface area contributed by atoms with Crippen molar-refractivity contribution in [1.29, 1.82) is 0 Å². The van der Waals surface area contributed by atoms with Crippen LogP contribution in [0.1, 0.15) is 11.1 Å². The molecule has 0 amide bonds. The summed E-state index contributed by atoms with van der Waals surface area (Å²) < 4.78 is 18.0. The molecule has 5 nitrogen and oxygen atoms in total. The van der Waals surface area contributed by atoms with E-state index >= 15 is 0 Å². The molecule has 0 unspecified atom stereocenters. The van der Waals surface area contributed by atoms with Gasteiger partial charge < -0.3 is 20.7 Å². The third-order valence-corrected chi connectivity index (χ3v) is 4.01. The smallest absolute Gasteiger partial charge is 0.188 e. The summed E-state index contributed by atoms with van der Waals surface area (Å²) in [6, 6.07) is 14.5. The fraction of sp³-hybridized carbons (Fsp3) is 0.350. The summed E-state index contributed by atoms with van der Waals surface area (Å²) in [5.41, 5.74) is 8.18. The van der Waals surface area contributed by atoms with Crippen molar-refractivity contribution in [2.45, 2.75) is 13.0 Å². The lowest BCUT2D eigenvalue weighted by Gasteiger charge is -2.15. The van der Waals surface area contributed by atoms with Crippen LogP contribution in [0.3, 0.4) is 0 Å². The number of ether oxygens (including phenoxy) is 1. The summed E-state index contributed by atoms with van der Waals surface area (Å²) in [6.07, 6.45) is 0.866. The van der Waals surface area contributed by atoms with Crippen molar-refractivity contribution in [3.8, 4) is 5.75 Å². The maximum Gasteiger partial charge on any atom is 0.188 e. The molecule has 0 aliphatic heterocycles. The number of likely N-dealkylation sites (N-methyl/N-ethyl adjacent to an activating group) is 1. The van der Waals surface area contributed by atoms with E-state index in [1.165, 1.54) is 17.7 Å². The number of benzene rings is 2. The maximum absolute atomic E-state index is 12.9. The van der Waals surface area contributed by atoms with Gasteiger partial charge in [-0.2, -0.15) is 0 Å². The molecule has 3 N–H and O–H groups in total. The average Bonchev–Trinajstić information content (AvgIpc) is 2.64. The quantitative estimate of drug-likeness (QED) is 0.534. The van der Waals surface area contributed by atoms with Gasteiger partial charge in [-0.25, -0.2) is 4.39 Å². The van der Waals surface area contributed by atoms with Crippen molar-refractivity contribution < 1.29 is 9.13 Å². The molecule has 0 aromatic heterocycles. The molecule has 0 saturated heterocycles. The molecule has 0 aliphatic rings. The van der Waals surface area contributed by atoms with Crippen molar-refractivity contribution in [2.24, 2.45) is 10.7 Å². The monoisotopic (exact) mass is 358 g/mol. The van der Waals surface area contributed by atoms with Gasteiger partial charge in [0.1, 0.15) is 11.6 Å². The molecule has 2 aromatic rings. The Balaban J connectivity index is 1.64. The minimum absolute atomic E-state index is 0.213. The van der Waals surface area contributed by atoms with E-state index in [0.29, 0.717) is 12.5 Å². The van der Waals surface area contributed by atoms with Crippen LogP contribution < -0.4 is 15.8 Å². The highest BCUT2D eigenvalue weighted by molar-refractivity contribution is 5.77. The molecule has 2 rings (SSSR count). The van der Waals surface area contributed by atoms with E-state index in [4.69, 9.17) is 10.5 Å². The highest BCUT2D eigenvalue weighted by Gasteiger charge is 2.01. The molecule has 0 heterocycles. The highest BCUT2D eigenvalue weighted by Crippen LogP contribution is 2.11. The number of nitrogens with two attached hydrogens (primary N) is 1. The fourth-order valence-electron chi connectivity index (χ4n) is 2.50. The van der Waals surface area contributed by atoms with Crippen LogP contribution in [0.15, 0.2) is 53.5 Å². The Bertz CT molecular complexity index is 686. The molecule has 140 valence electrons. The summed E-state index contributed by atoms with van der Waals surface area (Å²) in [6.45, 7) is 2.87. The van der Waals surface area contributed by atoms with E-state index in [1.807, 2.05) is 31.3 Å². The van der Waals surface area contributed by atoms with Gasteiger partial charge in [-0.1, -0.05) is 24.3 Å². The van der Waals surface area contributed by atoms with E-state index in [1.54, 1.807) is 19.2 Å². The lowest BCUT2D eigenvalue weighted by Crippen LogP contribution is -2.34. The topological polar surface area (TPSA) is 62.9 Å². The van der Waals surface area contributed by atoms with Crippen LogP contribution in [-0.2, 0) is 13.0 Å². The molecular formula is C20H27FN4O. The van der Waals surface area contributed by atoms with Gasteiger partial charge in [-0.3, -0.25) is 4.99 Å². The molecule has 0 atom stereocenters. The number of hydrogen-bond donors (Lipinski definition) is 2. The number of guanidine groups is 1. The second kappa shape index (κ2) is 10.4. The first-order valence-corrected chi connectivity index (χ1v) is 8.66. The van der Waals surface area contributed by atoms with Gasteiger partial charge in [0.05, 0.1) is 13.7 Å². The molecule has 26 heavy (non-hydrogen) atoms. The van der Waals surface area contributed by atoms with Crippen LogP contribution in [0.25, 0.3) is 0 Å². The van der Waals surface area contributed by atoms with Crippen LogP contribution in [0, 0.1) is 5.82 Å². The summed E-state index contributed by atoms with van der Waals surface area (Å²) in [4.78, 5) is 6.47. The number of halogens is 1. The number of nitrogens with zero attached hydrogens (tertiary/aromatic N) is 2. The zero-order valence-corrected chi connectivity index (χ0v) is 15.4. The Morgan fingerprint density at radius 1 is 1.12 bits per heavy atom. The van der Waals surface area contributed by atoms with Crippen molar-refractivity contribution in [3.63, 3.8) is 0 Å². The Labute approximate surface area is 154 Å². The molecule has 6 heteroatoms. The largest absolute Gasteiger partial charge is 0.497 e. The number of rotatable bonds is 9. The maximum atomic E-state index is 12.9. The van der Waals surface area contributed by atoms with E-state index < -0.39 is 0 Å². The van der Waals surface area contributed by atoms with Crippen LogP contribution in [0.2, 0.25) is 0 Å². The van der Waals surface area contributed by atoms with Gasteiger partial charge in [-0.15, -0.1) is 0 Å². The Kier molecular flexibility index (Phi) is 7.89. The SMILES string of the molecule is COc1ccc(CCNC(N)=NCCN(C)Cc2ccc(F)cc2)cc1. The molecule has 0 radical (unpaired) electrons. The first kappa shape index (κ1) is 19.7. The normalized spacial score (nSPS) is 11.6. The number of hydrogen-bond acceptors (Lipinski definition) is 3. The molecule has 0 spiro atoms. The number of methoxy groups -OCH3 is 1. The van der Waals surface area contributed by atoms with Crippen LogP contribution in [-0.4, -0.2) is 44.7 Å². The second-order valence-electron chi connectivity index (χ2n) is 6.16. The molecule has 0 saturated carbocycles. The summed E-state index contributed by atoms with van der Waals surface area (Å²) in [7, 11) is 3.66. The van der Waals surface area contributed by atoms with Gasteiger partial charge in [0.2, 0.25) is 0 Å². The van der Waals surface area contributed by atoms with Crippen molar-refractivity contribution in [2.75, 3.05) is 33.8 Å². The van der Waals surface area contributed by atoms with E-state index in [-0.39, 0.29) is 5.82 Å². The first-order valence-electron chi connectivity index (χ1n) is 8.66. The number of aliphatic imine (C=N–C) groups is 1. The molecule has 0 fully saturated rings. The van der Waals surface area contributed by atoms with Crippen LogP contribution in [0.5, 0.6) is 5.75 Å². The van der Waals surface area contributed by atoms with E-state index in [2.05, 4.69) is 15.2 Å². The van der Waals surface area contributed by atoms with Crippen molar-refractivity contribution >= 4 is 5.96 Å². The van der Waals surface area contributed by atoms with Gasteiger partial charge in [0.25, 0.3) is 0 Å². The van der Waals surface area contributed by atoms with Gasteiger partial charge >= 0.3 is 0 Å². The molecular weight excluding hydrogens is 331 g/mol. The van der Waals surface area contributed by atoms with Crippen LogP contribution in [0.4, 0.5) is 4.39 Å². The van der Waals surface area contributed by atoms with Crippen LogP contribution >= 0.6 is 0 Å². The average molecular weight is 358 g/mol. The van der Waals surface area contributed by atoms with Gasteiger partial charge in [-0.05, 0) is 48.9 Å². The zero-order chi connectivity index (χ0) is 18.8. The highest BCUT2D eigenvalue weighted by atomic mass is 19.1. The van der Waals surface area contributed by atoms with E-state index in [9.17, 15) is 4.39 Å². The van der Waals surface area contributed by atoms with Crippen molar-refractivity contribution in [1.82, 2.24) is 10.2 Å². The van der Waals surface area contributed by atoms with Crippen molar-refractivity contribution in [3.05, 3.63) is 65.5 Å². The minimum atomic E-state index is -0.213.